The second-order valence-electron chi connectivity index (χ2n) is 8.83. The summed E-state index contributed by atoms with van der Waals surface area (Å²) in [6, 6.07) is 25.0. The van der Waals surface area contributed by atoms with Crippen molar-refractivity contribution in [2.75, 3.05) is 5.32 Å². The predicted octanol–water partition coefficient (Wildman–Crippen LogP) is 7.43. The Hall–Kier alpha value is -3.96. The van der Waals surface area contributed by atoms with Gasteiger partial charge in [0.05, 0.1) is 34.4 Å². The second-order valence-corrected chi connectivity index (χ2v) is 9.27. The number of nitrogens with one attached hydrogen (secondary N) is 1. The van der Waals surface area contributed by atoms with Crippen LogP contribution in [0.15, 0.2) is 85.1 Å². The highest BCUT2D eigenvalue weighted by atomic mass is 35.5. The third-order valence-electron chi connectivity index (χ3n) is 6.15. The van der Waals surface area contributed by atoms with Crippen LogP contribution in [0.1, 0.15) is 41.4 Å². The molecule has 0 saturated carbocycles. The number of pyridine rings is 1. The number of amides is 1. The summed E-state index contributed by atoms with van der Waals surface area (Å²) >= 11 is 5.99. The molecule has 0 aliphatic rings. The van der Waals surface area contributed by atoms with Crippen LogP contribution in [0.4, 0.5) is 5.69 Å². The van der Waals surface area contributed by atoms with Gasteiger partial charge in [0.25, 0.3) is 5.91 Å². The number of benzene rings is 3. The van der Waals surface area contributed by atoms with Crippen molar-refractivity contribution in [1.29, 1.82) is 0 Å². The van der Waals surface area contributed by atoms with Crippen molar-refractivity contribution in [3.63, 3.8) is 0 Å². The molecule has 0 atom stereocenters. The maximum Gasteiger partial charge on any atom is 0.256 e. The van der Waals surface area contributed by atoms with E-state index in [2.05, 4.69) is 48.5 Å². The number of fused-ring (bicyclic) bond motifs is 1. The first-order chi connectivity index (χ1) is 16.9. The summed E-state index contributed by atoms with van der Waals surface area (Å²) in [4.78, 5) is 18.2. The molecule has 5 rings (SSSR count). The van der Waals surface area contributed by atoms with Gasteiger partial charge in [-0.15, -0.1) is 0 Å². The Morgan fingerprint density at radius 1 is 0.971 bits per heavy atom. The van der Waals surface area contributed by atoms with Crippen LogP contribution >= 0.6 is 11.6 Å². The number of anilines is 1. The second kappa shape index (κ2) is 9.35. The lowest BCUT2D eigenvalue weighted by atomic mass is 10.0. The average Bonchev–Trinajstić information content (AvgIpc) is 3.26. The fourth-order valence-corrected chi connectivity index (χ4v) is 4.28. The first kappa shape index (κ1) is 22.8. The summed E-state index contributed by atoms with van der Waals surface area (Å²) in [6.07, 6.45) is 1.81. The van der Waals surface area contributed by atoms with Gasteiger partial charge >= 0.3 is 0 Å². The Bertz CT molecular complexity index is 1520. The van der Waals surface area contributed by atoms with Crippen LogP contribution in [0.25, 0.3) is 27.8 Å². The lowest BCUT2D eigenvalue weighted by Gasteiger charge is -2.11. The van der Waals surface area contributed by atoms with E-state index in [9.17, 15) is 4.79 Å². The van der Waals surface area contributed by atoms with Gasteiger partial charge in [-0.3, -0.25) is 4.79 Å². The number of para-hydroxylation sites is 1. The molecule has 2 heterocycles. The summed E-state index contributed by atoms with van der Waals surface area (Å²) in [5, 5.41) is 9.01. The van der Waals surface area contributed by atoms with Gasteiger partial charge in [-0.05, 0) is 66.9 Å². The van der Waals surface area contributed by atoms with Gasteiger partial charge in [0.2, 0.25) is 0 Å². The molecular formula is C29H25ClN4O. The Morgan fingerprint density at radius 3 is 2.40 bits per heavy atom. The molecule has 1 N–H and O–H groups in total. The average molecular weight is 481 g/mol. The molecule has 6 heteroatoms. The van der Waals surface area contributed by atoms with Gasteiger partial charge in [-0.2, -0.15) is 5.10 Å². The zero-order valence-corrected chi connectivity index (χ0v) is 20.5. The Morgan fingerprint density at radius 2 is 1.69 bits per heavy atom. The summed E-state index contributed by atoms with van der Waals surface area (Å²) < 4.78 is 1.91. The maximum absolute atomic E-state index is 13.3. The van der Waals surface area contributed by atoms with Crippen molar-refractivity contribution < 1.29 is 4.79 Å². The van der Waals surface area contributed by atoms with E-state index in [0.29, 0.717) is 27.9 Å². The highest BCUT2D eigenvalue weighted by Gasteiger charge is 2.17. The molecule has 35 heavy (non-hydrogen) atoms. The summed E-state index contributed by atoms with van der Waals surface area (Å²) in [5.74, 6) is 0.263. The first-order valence-electron chi connectivity index (χ1n) is 11.5. The van der Waals surface area contributed by atoms with E-state index < -0.39 is 0 Å². The standard InChI is InChI=1S/C29H25ClN4O/c1-18(2)20-8-14-23(15-9-20)34-19(3)26(17-31-34)28-16-25(24-6-4-5-7-27(24)33-28)29(35)32-22-12-10-21(30)11-13-22/h4-18H,1-3H3,(H,32,35). The summed E-state index contributed by atoms with van der Waals surface area (Å²) in [5.41, 5.74) is 6.78. The molecule has 0 fully saturated rings. The summed E-state index contributed by atoms with van der Waals surface area (Å²) in [7, 11) is 0. The van der Waals surface area contributed by atoms with E-state index in [-0.39, 0.29) is 5.91 Å². The van der Waals surface area contributed by atoms with E-state index in [1.165, 1.54) is 5.56 Å². The van der Waals surface area contributed by atoms with E-state index >= 15 is 0 Å². The molecule has 0 unspecified atom stereocenters. The highest BCUT2D eigenvalue weighted by Crippen LogP contribution is 2.29. The minimum atomic E-state index is -0.207. The molecule has 0 bridgehead atoms. The van der Waals surface area contributed by atoms with Gasteiger partial charge in [0.15, 0.2) is 0 Å². The number of rotatable bonds is 5. The molecule has 5 nitrogen and oxygen atoms in total. The van der Waals surface area contributed by atoms with Gasteiger partial charge in [-0.1, -0.05) is 55.8 Å². The minimum absolute atomic E-state index is 0.207. The molecule has 0 aliphatic carbocycles. The van der Waals surface area contributed by atoms with Crippen molar-refractivity contribution in [3.05, 3.63) is 107 Å². The van der Waals surface area contributed by atoms with Crippen molar-refractivity contribution >= 4 is 34.1 Å². The van der Waals surface area contributed by atoms with Crippen LogP contribution in [-0.4, -0.2) is 20.7 Å². The number of aromatic nitrogens is 3. The molecule has 1 amide bonds. The maximum atomic E-state index is 13.3. The zero-order chi connectivity index (χ0) is 24.5. The van der Waals surface area contributed by atoms with Crippen LogP contribution in [0.2, 0.25) is 5.02 Å². The third kappa shape index (κ3) is 4.55. The molecule has 0 aliphatic heterocycles. The zero-order valence-electron chi connectivity index (χ0n) is 19.8. The van der Waals surface area contributed by atoms with E-state index in [0.717, 1.165) is 27.8 Å². The van der Waals surface area contributed by atoms with Crippen molar-refractivity contribution in [2.45, 2.75) is 26.7 Å². The molecule has 3 aromatic carbocycles. The number of carbonyl (C=O) groups excluding carboxylic acids is 1. The number of hydrogen-bond acceptors (Lipinski definition) is 3. The monoisotopic (exact) mass is 480 g/mol. The van der Waals surface area contributed by atoms with Crippen LogP contribution in [0.3, 0.4) is 0 Å². The van der Waals surface area contributed by atoms with E-state index in [4.69, 9.17) is 16.6 Å². The van der Waals surface area contributed by atoms with Crippen LogP contribution < -0.4 is 5.32 Å². The third-order valence-corrected chi connectivity index (χ3v) is 6.40. The molecular weight excluding hydrogens is 456 g/mol. The first-order valence-corrected chi connectivity index (χ1v) is 11.9. The molecule has 174 valence electrons. The fraction of sp³-hybridized carbons (Fsp3) is 0.138. The minimum Gasteiger partial charge on any atom is -0.322 e. The van der Waals surface area contributed by atoms with Crippen LogP contribution in [0.5, 0.6) is 0 Å². The largest absolute Gasteiger partial charge is 0.322 e. The Kier molecular flexibility index (Phi) is 6.10. The lowest BCUT2D eigenvalue weighted by Crippen LogP contribution is -2.13. The molecule has 0 radical (unpaired) electrons. The van der Waals surface area contributed by atoms with Crippen molar-refractivity contribution in [3.8, 4) is 16.9 Å². The van der Waals surface area contributed by atoms with Crippen LogP contribution in [0, 0.1) is 6.92 Å². The molecule has 5 aromatic rings. The van der Waals surface area contributed by atoms with Crippen molar-refractivity contribution in [2.24, 2.45) is 0 Å². The van der Waals surface area contributed by atoms with Crippen LogP contribution in [-0.2, 0) is 0 Å². The van der Waals surface area contributed by atoms with E-state index in [1.54, 1.807) is 24.3 Å². The van der Waals surface area contributed by atoms with Crippen molar-refractivity contribution in [1.82, 2.24) is 14.8 Å². The number of hydrogen-bond donors (Lipinski definition) is 1. The van der Waals surface area contributed by atoms with Gasteiger partial charge in [0.1, 0.15) is 0 Å². The number of halogens is 1. The summed E-state index contributed by atoms with van der Waals surface area (Å²) in [6.45, 7) is 6.37. The van der Waals surface area contributed by atoms with E-state index in [1.807, 2.05) is 48.1 Å². The van der Waals surface area contributed by atoms with Gasteiger partial charge in [0, 0.05) is 21.7 Å². The van der Waals surface area contributed by atoms with Gasteiger partial charge in [-0.25, -0.2) is 9.67 Å². The Balaban J connectivity index is 1.55. The predicted molar refractivity (Wildman–Crippen MR) is 143 cm³/mol. The fourth-order valence-electron chi connectivity index (χ4n) is 4.15. The number of nitrogens with zero attached hydrogens (tertiary/aromatic N) is 3. The normalized spacial score (nSPS) is 11.2. The molecule has 0 spiro atoms. The lowest BCUT2D eigenvalue weighted by molar-refractivity contribution is 0.102. The topological polar surface area (TPSA) is 59.8 Å². The molecule has 0 saturated heterocycles. The quantitative estimate of drug-likeness (QED) is 0.284. The SMILES string of the molecule is Cc1c(-c2cc(C(=O)Nc3ccc(Cl)cc3)c3ccccc3n2)cnn1-c1ccc(C(C)C)cc1. The number of carbonyl (C=O) groups is 1. The molecule has 2 aromatic heterocycles. The smallest absolute Gasteiger partial charge is 0.256 e. The highest BCUT2D eigenvalue weighted by molar-refractivity contribution is 6.30. The Labute approximate surface area is 209 Å². The van der Waals surface area contributed by atoms with Gasteiger partial charge < -0.3 is 5.32 Å².